The van der Waals surface area contributed by atoms with E-state index in [-0.39, 0.29) is 36.8 Å². The maximum absolute atomic E-state index is 14.4. The van der Waals surface area contributed by atoms with Crippen LogP contribution >= 0.6 is 0 Å². The third kappa shape index (κ3) is 7.16. The minimum atomic E-state index is -4.34. The van der Waals surface area contributed by atoms with Crippen LogP contribution in [0.15, 0.2) is 52.4 Å². The van der Waals surface area contributed by atoms with Crippen molar-refractivity contribution >= 4 is 21.9 Å². The van der Waals surface area contributed by atoms with Gasteiger partial charge in [-0.2, -0.15) is 4.72 Å². The van der Waals surface area contributed by atoms with Crippen LogP contribution in [-0.2, 0) is 14.8 Å². The van der Waals surface area contributed by atoms with E-state index in [4.69, 9.17) is 21.4 Å². The van der Waals surface area contributed by atoms with Crippen molar-refractivity contribution in [3.05, 3.63) is 54.1 Å². The largest absolute Gasteiger partial charge is 0.454 e. The standard InChI is InChI=1S/C18H21F2N5O5S/c19-11-3-5-12(6-4-11)30-16-8-7-13(10-14(16)20)31(28,29)25-15(17(26)24-27)2-1-9-23-18(21)22/h3-8,10,15,25,27H,1-2,9H2,(H,24,26)(H4,21,22,23)/t15-/m1/s1. The van der Waals surface area contributed by atoms with Crippen LogP contribution in [-0.4, -0.2) is 38.1 Å². The molecule has 10 nitrogen and oxygen atoms in total. The number of aliphatic imine (C=N–C) groups is 1. The molecule has 2 aromatic rings. The highest BCUT2D eigenvalue weighted by Crippen LogP contribution is 2.26. The molecule has 0 aromatic heterocycles. The molecule has 13 heteroatoms. The Labute approximate surface area is 176 Å². The summed E-state index contributed by atoms with van der Waals surface area (Å²) < 4.78 is 59.8. The van der Waals surface area contributed by atoms with Gasteiger partial charge in [0.25, 0.3) is 5.91 Å². The number of nitrogens with zero attached hydrogens (tertiary/aromatic N) is 1. The zero-order valence-electron chi connectivity index (χ0n) is 16.1. The Kier molecular flexibility index (Phi) is 8.24. The molecule has 0 bridgehead atoms. The SMILES string of the molecule is NC(N)=NCCC[C@@H](NS(=O)(=O)c1ccc(Oc2ccc(F)cc2)c(F)c1)C(=O)NO. The predicted molar refractivity (Wildman–Crippen MR) is 107 cm³/mol. The number of guanidine groups is 1. The van der Waals surface area contributed by atoms with E-state index in [1.54, 1.807) is 0 Å². The summed E-state index contributed by atoms with van der Waals surface area (Å²) in [5.74, 6) is -2.81. The first-order valence-corrected chi connectivity index (χ1v) is 10.4. The van der Waals surface area contributed by atoms with Gasteiger partial charge in [-0.3, -0.25) is 15.0 Å². The Morgan fingerprint density at radius 2 is 1.84 bits per heavy atom. The first-order valence-electron chi connectivity index (χ1n) is 8.87. The van der Waals surface area contributed by atoms with Crippen molar-refractivity contribution in [2.24, 2.45) is 16.5 Å². The number of nitrogens with two attached hydrogens (primary N) is 2. The molecule has 0 spiro atoms. The van der Waals surface area contributed by atoms with Crippen molar-refractivity contribution in [1.82, 2.24) is 10.2 Å². The molecule has 0 saturated heterocycles. The Hall–Kier alpha value is -3.29. The fraction of sp³-hybridized carbons (Fsp3) is 0.222. The topological polar surface area (TPSA) is 169 Å². The van der Waals surface area contributed by atoms with E-state index < -0.39 is 38.5 Å². The minimum Gasteiger partial charge on any atom is -0.454 e. The molecule has 0 aliphatic carbocycles. The summed E-state index contributed by atoms with van der Waals surface area (Å²) in [4.78, 5) is 15.0. The fourth-order valence-corrected chi connectivity index (χ4v) is 3.68. The highest BCUT2D eigenvalue weighted by atomic mass is 32.2. The molecule has 0 aliphatic rings. The molecule has 168 valence electrons. The molecule has 0 saturated carbocycles. The Bertz CT molecular complexity index is 1040. The first-order chi connectivity index (χ1) is 14.6. The van der Waals surface area contributed by atoms with Gasteiger partial charge in [-0.25, -0.2) is 22.7 Å². The number of hydroxylamine groups is 1. The normalized spacial score (nSPS) is 12.1. The average Bonchev–Trinajstić information content (AvgIpc) is 2.72. The Morgan fingerprint density at radius 3 is 2.42 bits per heavy atom. The van der Waals surface area contributed by atoms with E-state index >= 15 is 0 Å². The first kappa shape index (κ1) is 24.0. The number of carbonyl (C=O) groups excluding carboxylic acids is 1. The highest BCUT2D eigenvalue weighted by Gasteiger charge is 2.26. The van der Waals surface area contributed by atoms with Gasteiger partial charge in [0.2, 0.25) is 10.0 Å². The molecular weight excluding hydrogens is 436 g/mol. The highest BCUT2D eigenvalue weighted by molar-refractivity contribution is 7.89. The van der Waals surface area contributed by atoms with E-state index in [1.807, 2.05) is 0 Å². The van der Waals surface area contributed by atoms with Crippen molar-refractivity contribution < 1.29 is 31.9 Å². The molecule has 2 aromatic carbocycles. The lowest BCUT2D eigenvalue weighted by Gasteiger charge is -2.17. The summed E-state index contributed by atoms with van der Waals surface area (Å²) in [6.07, 6.45) is 0.175. The number of nitrogens with one attached hydrogen (secondary N) is 2. The molecule has 0 fully saturated rings. The molecule has 0 unspecified atom stereocenters. The third-order valence-electron chi connectivity index (χ3n) is 3.92. The van der Waals surface area contributed by atoms with Gasteiger partial charge in [-0.1, -0.05) is 0 Å². The van der Waals surface area contributed by atoms with Crippen LogP contribution in [0.25, 0.3) is 0 Å². The zero-order valence-corrected chi connectivity index (χ0v) is 16.9. The summed E-state index contributed by atoms with van der Waals surface area (Å²) in [5.41, 5.74) is 11.7. The summed E-state index contributed by atoms with van der Waals surface area (Å²) in [6.45, 7) is 0.128. The van der Waals surface area contributed by atoms with Gasteiger partial charge in [0.05, 0.1) is 4.90 Å². The lowest BCUT2D eigenvalue weighted by molar-refractivity contribution is -0.131. The third-order valence-corrected chi connectivity index (χ3v) is 5.39. The maximum atomic E-state index is 14.4. The lowest BCUT2D eigenvalue weighted by Crippen LogP contribution is -2.45. The van der Waals surface area contributed by atoms with Gasteiger partial charge < -0.3 is 16.2 Å². The van der Waals surface area contributed by atoms with Crippen LogP contribution in [0.4, 0.5) is 8.78 Å². The number of sulfonamides is 1. The average molecular weight is 457 g/mol. The van der Waals surface area contributed by atoms with E-state index in [0.29, 0.717) is 6.07 Å². The zero-order chi connectivity index (χ0) is 23.0. The van der Waals surface area contributed by atoms with Crippen LogP contribution in [0.5, 0.6) is 11.5 Å². The van der Waals surface area contributed by atoms with Gasteiger partial charge in [-0.15, -0.1) is 0 Å². The number of amides is 1. The van der Waals surface area contributed by atoms with Crippen LogP contribution in [0.2, 0.25) is 0 Å². The number of hydrogen-bond acceptors (Lipinski definition) is 6. The summed E-state index contributed by atoms with van der Waals surface area (Å²) in [5, 5.41) is 8.85. The van der Waals surface area contributed by atoms with Gasteiger partial charge >= 0.3 is 0 Å². The van der Waals surface area contributed by atoms with Gasteiger partial charge in [0, 0.05) is 6.54 Å². The molecule has 0 heterocycles. The quantitative estimate of drug-likeness (QED) is 0.116. The number of benzene rings is 2. The van der Waals surface area contributed by atoms with Crippen molar-refractivity contribution in [1.29, 1.82) is 0 Å². The molecule has 0 aliphatic heterocycles. The summed E-state index contributed by atoms with van der Waals surface area (Å²) in [7, 11) is -4.34. The maximum Gasteiger partial charge on any atom is 0.261 e. The smallest absolute Gasteiger partial charge is 0.261 e. The second-order valence-corrected chi connectivity index (χ2v) is 7.96. The van der Waals surface area contributed by atoms with Crippen LogP contribution in [0.3, 0.4) is 0 Å². The number of rotatable bonds is 10. The van der Waals surface area contributed by atoms with Crippen LogP contribution in [0, 0.1) is 11.6 Å². The van der Waals surface area contributed by atoms with Gasteiger partial charge in [-0.05, 0) is 55.3 Å². The van der Waals surface area contributed by atoms with Crippen LogP contribution < -0.4 is 26.4 Å². The van der Waals surface area contributed by atoms with Crippen LogP contribution in [0.1, 0.15) is 12.8 Å². The van der Waals surface area contributed by atoms with E-state index in [1.165, 1.54) is 17.6 Å². The summed E-state index contributed by atoms with van der Waals surface area (Å²) in [6, 6.07) is 6.29. The molecule has 1 atom stereocenters. The van der Waals surface area contributed by atoms with Crippen molar-refractivity contribution in [2.75, 3.05) is 6.54 Å². The number of halogens is 2. The molecule has 7 N–H and O–H groups in total. The minimum absolute atomic E-state index is 0.0450. The van der Waals surface area contributed by atoms with Gasteiger partial charge in [0.1, 0.15) is 17.6 Å². The molecule has 31 heavy (non-hydrogen) atoms. The Morgan fingerprint density at radius 1 is 1.16 bits per heavy atom. The van der Waals surface area contributed by atoms with Crippen molar-refractivity contribution in [3.8, 4) is 11.5 Å². The lowest BCUT2D eigenvalue weighted by atomic mass is 10.1. The van der Waals surface area contributed by atoms with E-state index in [2.05, 4.69) is 9.71 Å². The molecule has 0 radical (unpaired) electrons. The Balaban J connectivity index is 2.14. The molecule has 1 amide bonds. The van der Waals surface area contributed by atoms with E-state index in [0.717, 1.165) is 24.3 Å². The monoisotopic (exact) mass is 457 g/mol. The fourth-order valence-electron chi connectivity index (χ4n) is 2.44. The van der Waals surface area contributed by atoms with E-state index in [9.17, 15) is 22.0 Å². The molecular formula is C18H21F2N5O5S. The predicted octanol–water partition coefficient (Wildman–Crippen LogP) is 0.963. The summed E-state index contributed by atoms with van der Waals surface area (Å²) >= 11 is 0. The number of carbonyl (C=O) groups is 1. The van der Waals surface area contributed by atoms with Crippen molar-refractivity contribution in [2.45, 2.75) is 23.8 Å². The second kappa shape index (κ2) is 10.7. The number of ether oxygens (including phenoxy) is 1. The second-order valence-electron chi connectivity index (χ2n) is 6.25. The van der Waals surface area contributed by atoms with Crippen molar-refractivity contribution in [3.63, 3.8) is 0 Å². The molecule has 2 rings (SSSR count). The number of hydrogen-bond donors (Lipinski definition) is 5. The van der Waals surface area contributed by atoms with Gasteiger partial charge in [0.15, 0.2) is 17.5 Å².